The number of rotatable bonds is 4. The summed E-state index contributed by atoms with van der Waals surface area (Å²) < 4.78 is 5.06. The van der Waals surface area contributed by atoms with Gasteiger partial charge in [0.15, 0.2) is 0 Å². The topological polar surface area (TPSA) is 43.4 Å². The third kappa shape index (κ3) is 4.05. The molecule has 0 saturated carbocycles. The van der Waals surface area contributed by atoms with Gasteiger partial charge in [-0.3, -0.25) is 0 Å². The molecule has 0 saturated heterocycles. The summed E-state index contributed by atoms with van der Waals surface area (Å²) in [5.74, 6) is 0.762. The molecule has 0 bridgehead atoms. The Balaban J connectivity index is 1.22. The Labute approximate surface area is 258 Å². The highest BCUT2D eigenvalue weighted by Crippen LogP contribution is 2.43. The first-order valence-electron chi connectivity index (χ1n) is 14.9. The number of benzene rings is 6. The first-order chi connectivity index (χ1) is 21.8. The van der Waals surface area contributed by atoms with E-state index in [9.17, 15) is 0 Å². The Kier molecular flexibility index (Phi) is 5.86. The van der Waals surface area contributed by atoms with Crippen LogP contribution in [0.3, 0.4) is 0 Å². The number of amidine groups is 1. The summed E-state index contributed by atoms with van der Waals surface area (Å²) in [6.07, 6.45) is -0.464. The predicted molar refractivity (Wildman–Crippen MR) is 185 cm³/mol. The van der Waals surface area contributed by atoms with E-state index in [1.807, 2.05) is 35.6 Å². The zero-order valence-electron chi connectivity index (χ0n) is 23.8. The van der Waals surface area contributed by atoms with E-state index in [2.05, 4.69) is 131 Å². The van der Waals surface area contributed by atoms with Gasteiger partial charge in [-0.1, -0.05) is 127 Å². The summed E-state index contributed by atoms with van der Waals surface area (Å²) in [4.78, 5) is 5.04. The normalized spacial score (nSPS) is 16.9. The van der Waals surface area contributed by atoms with Gasteiger partial charge in [0.2, 0.25) is 0 Å². The Morgan fingerprint density at radius 3 is 2.18 bits per heavy atom. The fraction of sp³-hybridized carbons (Fsp3) is 0.0513. The number of aliphatic imine (C=N–C) groups is 1. The van der Waals surface area contributed by atoms with E-state index >= 15 is 0 Å². The predicted octanol–water partition coefficient (Wildman–Crippen LogP) is 10.3. The summed E-state index contributed by atoms with van der Waals surface area (Å²) in [6, 6.07) is 51.6. The van der Waals surface area contributed by atoms with E-state index in [0.717, 1.165) is 28.2 Å². The van der Waals surface area contributed by atoms with E-state index in [-0.39, 0.29) is 12.3 Å². The van der Waals surface area contributed by atoms with Crippen molar-refractivity contribution in [2.24, 2.45) is 4.99 Å². The van der Waals surface area contributed by atoms with Crippen molar-refractivity contribution >= 4 is 59.2 Å². The maximum absolute atomic E-state index is 5.16. The van der Waals surface area contributed by atoms with Crippen LogP contribution in [0.25, 0.3) is 53.0 Å². The Bertz CT molecular complexity index is 2350. The lowest BCUT2D eigenvalue weighted by Gasteiger charge is -2.40. The largest absolute Gasteiger partial charge is 0.445 e. The monoisotopic (exact) mass is 583 g/mol. The summed E-state index contributed by atoms with van der Waals surface area (Å²) in [5, 5.41) is 14.0. The minimum Gasteiger partial charge on any atom is -0.445 e. The van der Waals surface area contributed by atoms with Crippen molar-refractivity contribution in [3.05, 3.63) is 168 Å². The molecule has 1 aliphatic heterocycles. The summed E-state index contributed by atoms with van der Waals surface area (Å²) in [7, 11) is 0. The highest BCUT2D eigenvalue weighted by atomic mass is 32.1. The summed E-state index contributed by atoms with van der Waals surface area (Å²) >= 11 is 1.88. The van der Waals surface area contributed by atoms with Gasteiger partial charge in [0.05, 0.1) is 15.7 Å². The number of hydrogen-bond donors (Lipinski definition) is 1. The lowest BCUT2D eigenvalue weighted by Crippen LogP contribution is -2.31. The van der Waals surface area contributed by atoms with Gasteiger partial charge in [0, 0.05) is 44.3 Å². The Morgan fingerprint density at radius 1 is 0.614 bits per heavy atom. The van der Waals surface area contributed by atoms with Crippen molar-refractivity contribution in [3.8, 4) is 5.69 Å². The molecule has 0 aliphatic carbocycles. The molecule has 4 nitrogen and oxygen atoms in total. The smallest absolute Gasteiger partial charge is 0.0719 e. The Hall–Kier alpha value is -5.23. The second-order valence-corrected chi connectivity index (χ2v) is 12.3. The molecular weight excluding hydrogens is 557 g/mol. The van der Waals surface area contributed by atoms with Gasteiger partial charge in [-0.25, -0.2) is 0 Å². The molecule has 2 unspecified atom stereocenters. The van der Waals surface area contributed by atoms with Gasteiger partial charge in [0.1, 0.15) is 0 Å². The van der Waals surface area contributed by atoms with Crippen LogP contribution in [0.15, 0.2) is 151 Å². The molecule has 3 heterocycles. The standard InChI is InChI=1S/C39H27N4S/c1-3-12-25(13-4-1)37-40-38(26-14-5-2-6-15-26)42-39(41-37)27-16-11-17-28(24-27)43-33-20-9-7-18-29(33)31-22-23-32-30-19-8-10-21-34(30)44-36(32)35(31)43/h1-24,37,39,41H/q-1. The lowest BCUT2D eigenvalue weighted by molar-refractivity contribution is 0.488. The number of nitrogens with zero attached hydrogens (tertiary/aromatic N) is 3. The van der Waals surface area contributed by atoms with E-state index in [4.69, 9.17) is 10.3 Å². The Morgan fingerprint density at radius 2 is 1.32 bits per heavy atom. The van der Waals surface area contributed by atoms with Crippen molar-refractivity contribution in [1.82, 2.24) is 9.88 Å². The third-order valence-corrected chi connectivity index (χ3v) is 9.78. The number of nitrogens with one attached hydrogen (secondary N) is 1. The fourth-order valence-electron chi connectivity index (χ4n) is 6.55. The molecule has 0 amide bonds. The van der Waals surface area contributed by atoms with Crippen LogP contribution in [0.1, 0.15) is 29.0 Å². The average Bonchev–Trinajstić information content (AvgIpc) is 3.65. The van der Waals surface area contributed by atoms with Crippen LogP contribution in [0.5, 0.6) is 0 Å². The fourth-order valence-corrected chi connectivity index (χ4v) is 7.79. The molecule has 8 aromatic rings. The molecule has 1 aliphatic rings. The second kappa shape index (κ2) is 10.2. The van der Waals surface area contributed by atoms with Crippen LogP contribution in [0, 0.1) is 0 Å². The molecule has 2 aromatic heterocycles. The summed E-state index contributed by atoms with van der Waals surface area (Å²) in [6.45, 7) is 0. The summed E-state index contributed by atoms with van der Waals surface area (Å²) in [5.41, 5.74) is 6.81. The van der Waals surface area contributed by atoms with Gasteiger partial charge in [-0.2, -0.15) is 0 Å². The number of fused-ring (bicyclic) bond motifs is 7. The van der Waals surface area contributed by atoms with E-state index in [0.29, 0.717) is 0 Å². The molecule has 0 spiro atoms. The molecule has 5 heteroatoms. The molecule has 1 N–H and O–H groups in total. The van der Waals surface area contributed by atoms with Crippen molar-refractivity contribution in [3.63, 3.8) is 0 Å². The first-order valence-corrected chi connectivity index (χ1v) is 15.7. The lowest BCUT2D eigenvalue weighted by atomic mass is 10.1. The third-order valence-electron chi connectivity index (χ3n) is 8.59. The van der Waals surface area contributed by atoms with Gasteiger partial charge in [0.25, 0.3) is 0 Å². The van der Waals surface area contributed by atoms with Crippen LogP contribution in [0.4, 0.5) is 0 Å². The second-order valence-electron chi connectivity index (χ2n) is 11.2. The SMILES string of the molecule is c1ccc(C2=NC(c3ccccc3)NC(c3cccc(-n4c5ccccc5c5ccc6c7ccccc7sc6c54)c3)[N-]2)cc1. The number of thiophene rings is 1. The molecule has 0 fully saturated rings. The van der Waals surface area contributed by atoms with Crippen molar-refractivity contribution in [2.45, 2.75) is 12.3 Å². The maximum Gasteiger partial charge on any atom is 0.0719 e. The number of aromatic nitrogens is 1. The number of hydrogen-bond acceptors (Lipinski definition) is 3. The maximum atomic E-state index is 5.16. The van der Waals surface area contributed by atoms with E-state index < -0.39 is 0 Å². The van der Waals surface area contributed by atoms with Crippen LogP contribution >= 0.6 is 11.3 Å². The number of para-hydroxylation sites is 1. The van der Waals surface area contributed by atoms with Gasteiger partial charge in [-0.15, -0.1) is 11.3 Å². The van der Waals surface area contributed by atoms with Crippen molar-refractivity contribution in [2.75, 3.05) is 0 Å². The van der Waals surface area contributed by atoms with Gasteiger partial charge < -0.3 is 20.2 Å². The van der Waals surface area contributed by atoms with Gasteiger partial charge in [-0.05, 0) is 41.0 Å². The van der Waals surface area contributed by atoms with Gasteiger partial charge >= 0.3 is 0 Å². The molecule has 9 rings (SSSR count). The highest BCUT2D eigenvalue weighted by Gasteiger charge is 2.21. The van der Waals surface area contributed by atoms with Crippen LogP contribution in [-0.2, 0) is 0 Å². The van der Waals surface area contributed by atoms with Crippen LogP contribution in [0.2, 0.25) is 0 Å². The quantitative estimate of drug-likeness (QED) is 0.220. The molecule has 44 heavy (non-hydrogen) atoms. The van der Waals surface area contributed by atoms with Crippen molar-refractivity contribution < 1.29 is 0 Å². The van der Waals surface area contributed by atoms with E-state index in [1.165, 1.54) is 42.0 Å². The molecule has 0 radical (unpaired) electrons. The average molecular weight is 584 g/mol. The zero-order chi connectivity index (χ0) is 29.0. The van der Waals surface area contributed by atoms with Crippen LogP contribution in [-0.4, -0.2) is 10.4 Å². The van der Waals surface area contributed by atoms with E-state index in [1.54, 1.807) is 0 Å². The van der Waals surface area contributed by atoms with Crippen molar-refractivity contribution in [1.29, 1.82) is 0 Å². The zero-order valence-corrected chi connectivity index (χ0v) is 24.6. The first kappa shape index (κ1) is 25.3. The van der Waals surface area contributed by atoms with Crippen LogP contribution < -0.4 is 5.32 Å². The minimum absolute atomic E-state index is 0.205. The minimum atomic E-state index is -0.259. The molecule has 2 atom stereocenters. The molecular formula is C39H27N4S-. The molecule has 6 aromatic carbocycles. The highest BCUT2D eigenvalue weighted by molar-refractivity contribution is 7.26. The molecule has 210 valence electrons.